The number of hydrogen-bond donors (Lipinski definition) is 2. The Morgan fingerprint density at radius 1 is 1.27 bits per heavy atom. The Bertz CT molecular complexity index is 396. The number of hydrogen-bond acceptors (Lipinski definition) is 3. The van der Waals surface area contributed by atoms with Gasteiger partial charge in [-0.15, -0.1) is 0 Å². The van der Waals surface area contributed by atoms with Crippen molar-refractivity contribution >= 4 is 12.0 Å². The number of rotatable bonds is 5. The van der Waals surface area contributed by atoms with Gasteiger partial charge in [0.2, 0.25) is 0 Å². The molecule has 2 amide bonds. The average Bonchev–Trinajstić information content (AvgIpc) is 2.54. The number of aliphatic carboxylic acids is 1. The molecule has 0 aromatic rings. The van der Waals surface area contributed by atoms with Crippen LogP contribution in [0.15, 0.2) is 0 Å². The van der Waals surface area contributed by atoms with Crippen LogP contribution >= 0.6 is 0 Å². The minimum absolute atomic E-state index is 0.102. The number of carboxylic acids is 1. The minimum atomic E-state index is -0.863. The molecular formula is C16H28N2O4. The molecule has 0 spiro atoms. The molecule has 6 heteroatoms. The first-order chi connectivity index (χ1) is 10.6. The monoisotopic (exact) mass is 312 g/mol. The smallest absolute Gasteiger partial charge is 0.317 e. The van der Waals surface area contributed by atoms with Crippen LogP contribution in [0, 0.1) is 5.41 Å². The second-order valence-corrected chi connectivity index (χ2v) is 6.64. The van der Waals surface area contributed by atoms with E-state index in [0.717, 1.165) is 32.1 Å². The van der Waals surface area contributed by atoms with Gasteiger partial charge in [0.25, 0.3) is 0 Å². The lowest BCUT2D eigenvalue weighted by atomic mass is 9.77. The minimum Gasteiger partial charge on any atom is -0.481 e. The van der Waals surface area contributed by atoms with Crippen LogP contribution in [0.3, 0.4) is 0 Å². The Kier molecular flexibility index (Phi) is 6.06. The molecule has 2 fully saturated rings. The van der Waals surface area contributed by atoms with Crippen LogP contribution < -0.4 is 5.32 Å². The number of nitrogens with zero attached hydrogens (tertiary/aromatic N) is 1. The first kappa shape index (κ1) is 17.1. The molecular weight excluding hydrogens is 284 g/mol. The zero-order valence-electron chi connectivity index (χ0n) is 13.5. The molecule has 2 rings (SSSR count). The van der Waals surface area contributed by atoms with Gasteiger partial charge in [0.1, 0.15) is 0 Å². The summed E-state index contributed by atoms with van der Waals surface area (Å²) in [5.41, 5.74) is -0.863. The highest BCUT2D eigenvalue weighted by atomic mass is 16.5. The van der Waals surface area contributed by atoms with Crippen molar-refractivity contribution in [1.82, 2.24) is 10.2 Å². The van der Waals surface area contributed by atoms with Crippen LogP contribution in [0.1, 0.15) is 51.4 Å². The number of likely N-dealkylation sites (tertiary alicyclic amines) is 1. The number of nitrogens with one attached hydrogen (secondary N) is 1. The van der Waals surface area contributed by atoms with E-state index in [0.29, 0.717) is 26.0 Å². The Morgan fingerprint density at radius 2 is 2.00 bits per heavy atom. The van der Waals surface area contributed by atoms with Crippen LogP contribution in [0.25, 0.3) is 0 Å². The van der Waals surface area contributed by atoms with Gasteiger partial charge < -0.3 is 20.1 Å². The van der Waals surface area contributed by atoms with E-state index in [2.05, 4.69) is 5.32 Å². The van der Waals surface area contributed by atoms with Gasteiger partial charge in [0, 0.05) is 32.8 Å². The van der Waals surface area contributed by atoms with Gasteiger partial charge in [-0.3, -0.25) is 4.79 Å². The second kappa shape index (κ2) is 7.81. The Morgan fingerprint density at radius 3 is 2.64 bits per heavy atom. The highest BCUT2D eigenvalue weighted by Crippen LogP contribution is 2.34. The summed E-state index contributed by atoms with van der Waals surface area (Å²) in [7, 11) is 1.58. The quantitative estimate of drug-likeness (QED) is 0.816. The number of piperidine rings is 1. The first-order valence-corrected chi connectivity index (χ1v) is 8.35. The summed E-state index contributed by atoms with van der Waals surface area (Å²) < 4.78 is 5.05. The van der Waals surface area contributed by atoms with E-state index in [1.165, 1.54) is 6.42 Å². The van der Waals surface area contributed by atoms with Crippen molar-refractivity contribution in [2.24, 2.45) is 5.41 Å². The van der Waals surface area contributed by atoms with Crippen molar-refractivity contribution in [3.63, 3.8) is 0 Å². The van der Waals surface area contributed by atoms with E-state index in [9.17, 15) is 14.7 Å². The average molecular weight is 312 g/mol. The van der Waals surface area contributed by atoms with Crippen molar-refractivity contribution < 1.29 is 19.4 Å². The van der Waals surface area contributed by atoms with Crippen molar-refractivity contribution in [3.05, 3.63) is 0 Å². The number of amides is 2. The predicted molar refractivity (Wildman–Crippen MR) is 82.8 cm³/mol. The van der Waals surface area contributed by atoms with Crippen LogP contribution in [-0.4, -0.2) is 54.9 Å². The van der Waals surface area contributed by atoms with Crippen molar-refractivity contribution in [2.45, 2.75) is 57.4 Å². The third kappa shape index (κ3) is 4.12. The Balaban J connectivity index is 1.95. The van der Waals surface area contributed by atoms with E-state index in [1.54, 1.807) is 12.0 Å². The molecule has 0 aromatic carbocycles. The molecule has 2 aliphatic rings. The van der Waals surface area contributed by atoms with Gasteiger partial charge >= 0.3 is 12.0 Å². The number of methoxy groups -OCH3 is 1. The zero-order valence-corrected chi connectivity index (χ0v) is 13.5. The number of carboxylic acid groups (broad SMARTS) is 1. The third-order valence-corrected chi connectivity index (χ3v) is 5.04. The second-order valence-electron chi connectivity index (χ2n) is 6.64. The van der Waals surface area contributed by atoms with Gasteiger partial charge in [-0.25, -0.2) is 4.79 Å². The number of carbonyl (C=O) groups excluding carboxylic acids is 1. The van der Waals surface area contributed by atoms with E-state index in [4.69, 9.17) is 4.74 Å². The molecule has 1 aliphatic heterocycles. The van der Waals surface area contributed by atoms with Crippen LogP contribution in [0.4, 0.5) is 4.79 Å². The zero-order chi connectivity index (χ0) is 16.0. The fourth-order valence-electron chi connectivity index (χ4n) is 3.60. The standard InChI is InChI=1S/C16H28N2O4/c1-22-11-9-16(14(19)20)8-5-10-18(12-16)15(21)17-13-6-3-2-4-7-13/h13H,2-12H2,1H3,(H,17,21)(H,19,20). The maximum Gasteiger partial charge on any atom is 0.317 e. The molecule has 0 bridgehead atoms. The van der Waals surface area contributed by atoms with E-state index >= 15 is 0 Å². The lowest BCUT2D eigenvalue weighted by Gasteiger charge is -2.40. The number of urea groups is 1. The molecule has 1 aliphatic carbocycles. The van der Waals surface area contributed by atoms with Gasteiger partial charge in [-0.2, -0.15) is 0 Å². The molecule has 1 saturated heterocycles. The van der Waals surface area contributed by atoms with Gasteiger partial charge in [0.15, 0.2) is 0 Å². The summed E-state index contributed by atoms with van der Waals surface area (Å²) in [5.74, 6) is -0.820. The third-order valence-electron chi connectivity index (χ3n) is 5.04. The summed E-state index contributed by atoms with van der Waals surface area (Å²) >= 11 is 0. The van der Waals surface area contributed by atoms with Crippen LogP contribution in [-0.2, 0) is 9.53 Å². The molecule has 0 radical (unpaired) electrons. The van der Waals surface area contributed by atoms with Crippen LogP contribution in [0.2, 0.25) is 0 Å². The normalized spacial score (nSPS) is 26.7. The predicted octanol–water partition coefficient (Wildman–Crippen LogP) is 2.23. The molecule has 1 heterocycles. The maximum atomic E-state index is 12.4. The molecule has 6 nitrogen and oxygen atoms in total. The van der Waals surface area contributed by atoms with E-state index < -0.39 is 11.4 Å². The largest absolute Gasteiger partial charge is 0.481 e. The van der Waals surface area contributed by atoms with Crippen molar-refractivity contribution in [1.29, 1.82) is 0 Å². The lowest BCUT2D eigenvalue weighted by molar-refractivity contribution is -0.153. The molecule has 126 valence electrons. The summed E-state index contributed by atoms with van der Waals surface area (Å²) in [6.45, 7) is 1.33. The molecule has 0 aromatic heterocycles. The molecule has 1 atom stereocenters. The van der Waals surface area contributed by atoms with Crippen molar-refractivity contribution in [3.8, 4) is 0 Å². The van der Waals surface area contributed by atoms with E-state index in [1.807, 2.05) is 0 Å². The van der Waals surface area contributed by atoms with Crippen molar-refractivity contribution in [2.75, 3.05) is 26.8 Å². The Labute approximate surface area is 132 Å². The number of carbonyl (C=O) groups is 2. The topological polar surface area (TPSA) is 78.9 Å². The molecule has 1 saturated carbocycles. The highest BCUT2D eigenvalue weighted by molar-refractivity contribution is 5.79. The first-order valence-electron chi connectivity index (χ1n) is 8.35. The summed E-state index contributed by atoms with van der Waals surface area (Å²) in [4.78, 5) is 25.8. The molecule has 2 N–H and O–H groups in total. The van der Waals surface area contributed by atoms with Gasteiger partial charge in [0.05, 0.1) is 5.41 Å². The molecule has 1 unspecified atom stereocenters. The lowest BCUT2D eigenvalue weighted by Crippen LogP contribution is -2.54. The summed E-state index contributed by atoms with van der Waals surface area (Å²) in [6, 6.07) is 0.149. The fraction of sp³-hybridized carbons (Fsp3) is 0.875. The molecule has 22 heavy (non-hydrogen) atoms. The van der Waals surface area contributed by atoms with E-state index in [-0.39, 0.29) is 18.6 Å². The van der Waals surface area contributed by atoms with Gasteiger partial charge in [-0.05, 0) is 32.1 Å². The van der Waals surface area contributed by atoms with Gasteiger partial charge in [-0.1, -0.05) is 19.3 Å². The summed E-state index contributed by atoms with van der Waals surface area (Å²) in [5, 5.41) is 12.7. The SMILES string of the molecule is COCCC1(C(=O)O)CCCN(C(=O)NC2CCCCC2)C1. The maximum absolute atomic E-state index is 12.4. The number of ether oxygens (including phenoxy) is 1. The summed E-state index contributed by atoms with van der Waals surface area (Å²) in [6.07, 6.45) is 7.44. The highest BCUT2D eigenvalue weighted by Gasteiger charge is 2.43. The Hall–Kier alpha value is -1.30. The van der Waals surface area contributed by atoms with Crippen LogP contribution in [0.5, 0.6) is 0 Å². The fourth-order valence-corrected chi connectivity index (χ4v) is 3.60.